The SMILES string of the molecule is BrCCCCBr.C.C.CCCCCBr.[H-].[Na+]. The second-order valence-electron chi connectivity index (χ2n) is 2.48. The van der Waals surface area contributed by atoms with Gasteiger partial charge in [0.2, 0.25) is 0 Å². The van der Waals surface area contributed by atoms with Crippen LogP contribution in [0, 0.1) is 0 Å². The zero-order valence-electron chi connectivity index (χ0n) is 9.79. The summed E-state index contributed by atoms with van der Waals surface area (Å²) >= 11 is 10.0. The summed E-state index contributed by atoms with van der Waals surface area (Å²) < 4.78 is 0. The Morgan fingerprint density at radius 1 is 0.733 bits per heavy atom. The van der Waals surface area contributed by atoms with Gasteiger partial charge >= 0.3 is 29.6 Å². The zero-order chi connectivity index (χ0) is 9.66. The molecule has 0 nitrogen and oxygen atoms in total. The third-order valence-electron chi connectivity index (χ3n) is 1.25. The molecule has 0 fully saturated rings. The van der Waals surface area contributed by atoms with Gasteiger partial charge in [-0.15, -0.1) is 0 Å². The van der Waals surface area contributed by atoms with E-state index in [4.69, 9.17) is 0 Å². The molecule has 0 aromatic rings. The first-order valence-corrected chi connectivity index (χ1v) is 7.87. The van der Waals surface area contributed by atoms with Gasteiger partial charge in [-0.2, -0.15) is 0 Å². The Morgan fingerprint density at radius 2 is 1.00 bits per heavy atom. The van der Waals surface area contributed by atoms with Crippen LogP contribution in [0.2, 0.25) is 0 Å². The Kier molecular flexibility index (Phi) is 73.0. The monoisotopic (exact) mass is 420 g/mol. The average molecular weight is 423 g/mol. The number of halogens is 3. The average Bonchev–Trinajstić information content (AvgIpc) is 2.12. The molecule has 0 aliphatic rings. The number of alkyl halides is 3. The first-order chi connectivity index (χ1) is 5.83. The number of rotatable bonds is 6. The van der Waals surface area contributed by atoms with Crippen LogP contribution in [0.1, 0.15) is 55.3 Å². The first kappa shape index (κ1) is 30.5. The molecule has 0 aromatic carbocycles. The maximum atomic E-state index is 3.35. The summed E-state index contributed by atoms with van der Waals surface area (Å²) in [6.07, 6.45) is 6.59. The number of unbranched alkanes of at least 4 members (excludes halogenated alkanes) is 3. The molecule has 4 heteroatoms. The molecule has 0 rings (SSSR count). The van der Waals surface area contributed by atoms with Crippen molar-refractivity contribution >= 4 is 47.8 Å². The molecule has 0 spiro atoms. The van der Waals surface area contributed by atoms with Crippen LogP contribution in [-0.2, 0) is 0 Å². The molecule has 15 heavy (non-hydrogen) atoms. The van der Waals surface area contributed by atoms with E-state index in [1.165, 1.54) is 37.4 Å². The zero-order valence-corrected chi connectivity index (χ0v) is 15.5. The largest absolute Gasteiger partial charge is 1.00 e. The standard InChI is InChI=1S/C5H11Br.C4H8Br2.2CH4.Na.H/c1-2-3-4-5-6;5-3-1-2-4-6;;;;/h2-5H2,1H3;1-4H2;2*1H4;;/q;;;;+1;-1. The van der Waals surface area contributed by atoms with E-state index in [2.05, 4.69) is 54.7 Å². The summed E-state index contributed by atoms with van der Waals surface area (Å²) in [7, 11) is 0. The smallest absolute Gasteiger partial charge is 1.00 e. The molecule has 0 aromatic heterocycles. The second-order valence-corrected chi connectivity index (χ2v) is 4.86. The molecule has 0 unspecified atom stereocenters. The summed E-state index contributed by atoms with van der Waals surface area (Å²) in [4.78, 5) is 0. The van der Waals surface area contributed by atoms with Crippen LogP contribution in [0.25, 0.3) is 0 Å². The van der Waals surface area contributed by atoms with Crippen LogP contribution < -0.4 is 29.6 Å². The van der Waals surface area contributed by atoms with Crippen molar-refractivity contribution in [3.05, 3.63) is 0 Å². The Hall–Kier alpha value is 2.44. The van der Waals surface area contributed by atoms with E-state index in [1.807, 2.05) is 0 Å². The minimum absolute atomic E-state index is 0. The summed E-state index contributed by atoms with van der Waals surface area (Å²) in [6, 6.07) is 0. The molecule has 0 bridgehead atoms. The molecule has 0 aliphatic heterocycles. The molecule has 0 amide bonds. The molecule has 0 saturated carbocycles. The second kappa shape index (κ2) is 36.0. The van der Waals surface area contributed by atoms with Gasteiger partial charge in [0.1, 0.15) is 0 Å². The normalized spacial score (nSPS) is 7.20. The van der Waals surface area contributed by atoms with Crippen molar-refractivity contribution in [2.75, 3.05) is 16.0 Å². The Bertz CT molecular complexity index is 53.2. The van der Waals surface area contributed by atoms with Gasteiger partial charge in [0.15, 0.2) is 0 Å². The molecule has 0 heterocycles. The third-order valence-corrected chi connectivity index (χ3v) is 2.94. The van der Waals surface area contributed by atoms with E-state index in [0.717, 1.165) is 10.7 Å². The summed E-state index contributed by atoms with van der Waals surface area (Å²) in [5, 5.41) is 3.44. The van der Waals surface area contributed by atoms with Gasteiger partial charge in [0, 0.05) is 16.0 Å². The molecule has 0 N–H and O–H groups in total. The Balaban J connectivity index is -0.0000000250. The summed E-state index contributed by atoms with van der Waals surface area (Å²) in [5.74, 6) is 0. The molecular weight excluding hydrogens is 395 g/mol. The predicted molar refractivity (Wildman–Crippen MR) is 84.7 cm³/mol. The fraction of sp³-hybridized carbons (Fsp3) is 1.00. The van der Waals surface area contributed by atoms with Crippen LogP contribution in [-0.4, -0.2) is 16.0 Å². The van der Waals surface area contributed by atoms with E-state index in [0.29, 0.717) is 0 Å². The van der Waals surface area contributed by atoms with E-state index >= 15 is 0 Å². The van der Waals surface area contributed by atoms with Crippen molar-refractivity contribution < 1.29 is 31.0 Å². The number of hydrogen-bond donors (Lipinski definition) is 0. The van der Waals surface area contributed by atoms with Crippen LogP contribution in [0.5, 0.6) is 0 Å². The maximum Gasteiger partial charge on any atom is 1.00 e. The van der Waals surface area contributed by atoms with Crippen molar-refractivity contribution in [1.29, 1.82) is 0 Å². The minimum Gasteiger partial charge on any atom is -1.00 e. The molecule has 0 atom stereocenters. The van der Waals surface area contributed by atoms with E-state index in [1.54, 1.807) is 0 Å². The molecule has 0 saturated heterocycles. The minimum atomic E-state index is 0. The van der Waals surface area contributed by atoms with Crippen LogP contribution >= 0.6 is 47.8 Å². The molecule has 0 radical (unpaired) electrons. The first-order valence-electron chi connectivity index (χ1n) is 4.51. The maximum absolute atomic E-state index is 3.35. The molecule has 94 valence electrons. The van der Waals surface area contributed by atoms with Crippen molar-refractivity contribution in [2.45, 2.75) is 53.9 Å². The van der Waals surface area contributed by atoms with Crippen molar-refractivity contribution in [3.63, 3.8) is 0 Å². The summed E-state index contributed by atoms with van der Waals surface area (Å²) in [5.41, 5.74) is 0. The predicted octanol–water partition coefficient (Wildman–Crippen LogP) is 3.52. The van der Waals surface area contributed by atoms with Gasteiger partial charge < -0.3 is 1.43 Å². The summed E-state index contributed by atoms with van der Waals surface area (Å²) in [6.45, 7) is 2.21. The Labute approximate surface area is 147 Å². The van der Waals surface area contributed by atoms with Crippen LogP contribution in [0.3, 0.4) is 0 Å². The molecule has 0 aliphatic carbocycles. The van der Waals surface area contributed by atoms with Crippen molar-refractivity contribution in [1.82, 2.24) is 0 Å². The van der Waals surface area contributed by atoms with Gasteiger partial charge in [0.25, 0.3) is 0 Å². The third kappa shape index (κ3) is 48.1. The van der Waals surface area contributed by atoms with Crippen molar-refractivity contribution in [2.24, 2.45) is 0 Å². The van der Waals surface area contributed by atoms with Crippen LogP contribution in [0.4, 0.5) is 0 Å². The Morgan fingerprint density at radius 3 is 1.13 bits per heavy atom. The van der Waals surface area contributed by atoms with Gasteiger partial charge in [-0.3, -0.25) is 0 Å². The van der Waals surface area contributed by atoms with Gasteiger partial charge in [0.05, 0.1) is 0 Å². The quantitative estimate of drug-likeness (QED) is 0.349. The fourth-order valence-corrected chi connectivity index (χ4v) is 1.72. The van der Waals surface area contributed by atoms with E-state index in [-0.39, 0.29) is 45.8 Å². The van der Waals surface area contributed by atoms with Crippen LogP contribution in [0.15, 0.2) is 0 Å². The molecular formula is C11H28Br3Na. The topological polar surface area (TPSA) is 0 Å². The van der Waals surface area contributed by atoms with E-state index in [9.17, 15) is 0 Å². The van der Waals surface area contributed by atoms with Gasteiger partial charge in [-0.05, 0) is 19.3 Å². The number of hydrogen-bond acceptors (Lipinski definition) is 0. The van der Waals surface area contributed by atoms with Crippen molar-refractivity contribution in [3.8, 4) is 0 Å². The van der Waals surface area contributed by atoms with Gasteiger partial charge in [-0.25, -0.2) is 0 Å². The van der Waals surface area contributed by atoms with E-state index < -0.39 is 0 Å². The van der Waals surface area contributed by atoms with Gasteiger partial charge in [-0.1, -0.05) is 82.4 Å². The fourth-order valence-electron chi connectivity index (χ4n) is 0.533.